The standard InChI is InChI=1S/2C7H14O3/c1-3-9-6-5-7(8)10-4-2;1-2-10-6-4-3-5-7(8)9/h3-6H2,1-2H3;2-6H2,1H3,(H,8,9). The Morgan fingerprint density at radius 3 is 1.95 bits per heavy atom. The molecule has 0 aliphatic heterocycles. The Bertz CT molecular complexity index is 230. The van der Waals surface area contributed by atoms with Gasteiger partial charge in [0.15, 0.2) is 0 Å². The zero-order chi connectivity index (χ0) is 15.6. The van der Waals surface area contributed by atoms with Crippen molar-refractivity contribution in [1.29, 1.82) is 0 Å². The van der Waals surface area contributed by atoms with E-state index >= 15 is 0 Å². The number of hydrogen-bond donors (Lipinski definition) is 1. The molecule has 0 atom stereocenters. The van der Waals surface area contributed by atoms with E-state index in [2.05, 4.69) is 4.74 Å². The van der Waals surface area contributed by atoms with Crippen LogP contribution in [0.4, 0.5) is 0 Å². The molecule has 0 aromatic rings. The summed E-state index contributed by atoms with van der Waals surface area (Å²) in [6.07, 6.45) is 2.18. The molecule has 1 N–H and O–H groups in total. The number of hydrogen-bond acceptors (Lipinski definition) is 5. The number of carboxylic acids is 1. The smallest absolute Gasteiger partial charge is 0.308 e. The average molecular weight is 292 g/mol. The predicted octanol–water partition coefficient (Wildman–Crippen LogP) is 2.25. The first-order valence-corrected chi connectivity index (χ1v) is 7.11. The molecule has 0 bridgehead atoms. The molecule has 120 valence electrons. The predicted molar refractivity (Wildman–Crippen MR) is 75.7 cm³/mol. The highest BCUT2D eigenvalue weighted by Gasteiger charge is 1.98. The quantitative estimate of drug-likeness (QED) is 0.464. The summed E-state index contributed by atoms with van der Waals surface area (Å²) in [7, 11) is 0. The van der Waals surface area contributed by atoms with Crippen molar-refractivity contribution in [2.75, 3.05) is 33.0 Å². The van der Waals surface area contributed by atoms with Gasteiger partial charge in [-0.05, 0) is 33.6 Å². The highest BCUT2D eigenvalue weighted by atomic mass is 16.5. The van der Waals surface area contributed by atoms with E-state index in [-0.39, 0.29) is 12.4 Å². The van der Waals surface area contributed by atoms with E-state index in [1.54, 1.807) is 6.92 Å². The maximum absolute atomic E-state index is 10.6. The highest BCUT2D eigenvalue weighted by molar-refractivity contribution is 5.69. The summed E-state index contributed by atoms with van der Waals surface area (Å²) >= 11 is 0. The molecule has 0 saturated heterocycles. The zero-order valence-corrected chi connectivity index (χ0v) is 12.9. The average Bonchev–Trinajstić information content (AvgIpc) is 2.39. The van der Waals surface area contributed by atoms with Crippen LogP contribution >= 0.6 is 0 Å². The van der Waals surface area contributed by atoms with Crippen molar-refractivity contribution in [3.8, 4) is 0 Å². The van der Waals surface area contributed by atoms with Crippen molar-refractivity contribution in [2.24, 2.45) is 0 Å². The van der Waals surface area contributed by atoms with Gasteiger partial charge in [-0.3, -0.25) is 9.59 Å². The van der Waals surface area contributed by atoms with E-state index in [4.69, 9.17) is 14.6 Å². The number of carbonyl (C=O) groups is 2. The van der Waals surface area contributed by atoms with Crippen LogP contribution in [-0.4, -0.2) is 50.1 Å². The van der Waals surface area contributed by atoms with Gasteiger partial charge in [0.05, 0.1) is 19.6 Å². The van der Waals surface area contributed by atoms with Crippen molar-refractivity contribution in [2.45, 2.75) is 46.5 Å². The zero-order valence-electron chi connectivity index (χ0n) is 12.9. The van der Waals surface area contributed by atoms with Gasteiger partial charge in [-0.1, -0.05) is 0 Å². The first kappa shape index (κ1) is 21.2. The van der Waals surface area contributed by atoms with E-state index in [0.717, 1.165) is 12.8 Å². The third-order valence-electron chi connectivity index (χ3n) is 2.09. The van der Waals surface area contributed by atoms with E-state index in [1.165, 1.54) is 0 Å². The van der Waals surface area contributed by atoms with Gasteiger partial charge in [0.2, 0.25) is 0 Å². The summed E-state index contributed by atoms with van der Waals surface area (Å²) in [5.74, 6) is -0.910. The molecule has 0 fully saturated rings. The Kier molecular flexibility index (Phi) is 18.9. The highest BCUT2D eigenvalue weighted by Crippen LogP contribution is 1.94. The fourth-order valence-electron chi connectivity index (χ4n) is 1.16. The van der Waals surface area contributed by atoms with Crippen molar-refractivity contribution >= 4 is 11.9 Å². The van der Waals surface area contributed by atoms with Crippen LogP contribution in [0, 0.1) is 0 Å². The van der Waals surface area contributed by atoms with Gasteiger partial charge < -0.3 is 19.3 Å². The lowest BCUT2D eigenvalue weighted by molar-refractivity contribution is -0.144. The fourth-order valence-corrected chi connectivity index (χ4v) is 1.16. The van der Waals surface area contributed by atoms with Gasteiger partial charge in [0.1, 0.15) is 0 Å². The summed E-state index contributed by atoms with van der Waals surface area (Å²) in [6.45, 7) is 8.58. The molecule has 0 aromatic heterocycles. The second kappa shape index (κ2) is 17.9. The molecule has 0 aromatic carbocycles. The minimum Gasteiger partial charge on any atom is -0.481 e. The summed E-state index contributed by atoms with van der Waals surface area (Å²) in [5.41, 5.74) is 0. The molecule has 0 aliphatic carbocycles. The Morgan fingerprint density at radius 2 is 1.45 bits per heavy atom. The van der Waals surface area contributed by atoms with Crippen LogP contribution in [0.15, 0.2) is 0 Å². The van der Waals surface area contributed by atoms with Crippen LogP contribution in [0.1, 0.15) is 46.5 Å². The molecule has 20 heavy (non-hydrogen) atoms. The lowest BCUT2D eigenvalue weighted by atomic mass is 10.2. The van der Waals surface area contributed by atoms with Gasteiger partial charge in [-0.25, -0.2) is 0 Å². The second-order valence-electron chi connectivity index (χ2n) is 3.80. The Morgan fingerprint density at radius 1 is 0.850 bits per heavy atom. The van der Waals surface area contributed by atoms with Crippen LogP contribution in [0.25, 0.3) is 0 Å². The number of ether oxygens (including phenoxy) is 3. The Hall–Kier alpha value is -1.14. The number of aliphatic carboxylic acids is 1. The first-order chi connectivity index (χ1) is 9.58. The van der Waals surface area contributed by atoms with Crippen LogP contribution < -0.4 is 0 Å². The fraction of sp³-hybridized carbons (Fsp3) is 0.857. The summed E-state index contributed by atoms with van der Waals surface area (Å²) in [6, 6.07) is 0. The largest absolute Gasteiger partial charge is 0.481 e. The van der Waals surface area contributed by atoms with E-state index < -0.39 is 5.97 Å². The molecule has 0 unspecified atom stereocenters. The molecule has 0 heterocycles. The Labute approximate surface area is 121 Å². The van der Waals surface area contributed by atoms with Gasteiger partial charge in [-0.15, -0.1) is 0 Å². The van der Waals surface area contributed by atoms with Crippen LogP contribution in [0.3, 0.4) is 0 Å². The van der Waals surface area contributed by atoms with E-state index in [1.807, 2.05) is 13.8 Å². The van der Waals surface area contributed by atoms with Gasteiger partial charge >= 0.3 is 11.9 Å². The van der Waals surface area contributed by atoms with Gasteiger partial charge in [-0.2, -0.15) is 0 Å². The maximum Gasteiger partial charge on any atom is 0.308 e. The number of carboxylic acid groups (broad SMARTS) is 1. The molecule has 6 nitrogen and oxygen atoms in total. The monoisotopic (exact) mass is 292 g/mol. The van der Waals surface area contributed by atoms with Crippen LogP contribution in [0.2, 0.25) is 0 Å². The first-order valence-electron chi connectivity index (χ1n) is 7.11. The van der Waals surface area contributed by atoms with E-state index in [9.17, 15) is 9.59 Å². The summed E-state index contributed by atoms with van der Waals surface area (Å²) in [4.78, 5) is 20.6. The third kappa shape index (κ3) is 22.1. The van der Waals surface area contributed by atoms with Crippen LogP contribution in [-0.2, 0) is 23.8 Å². The molecule has 0 aliphatic rings. The minimum absolute atomic E-state index is 0.184. The van der Waals surface area contributed by atoms with Crippen molar-refractivity contribution < 1.29 is 28.9 Å². The van der Waals surface area contributed by atoms with Gasteiger partial charge in [0, 0.05) is 26.2 Å². The van der Waals surface area contributed by atoms with E-state index in [0.29, 0.717) is 39.5 Å². The van der Waals surface area contributed by atoms with Gasteiger partial charge in [0.25, 0.3) is 0 Å². The second-order valence-corrected chi connectivity index (χ2v) is 3.80. The Balaban J connectivity index is 0. The topological polar surface area (TPSA) is 82.1 Å². The van der Waals surface area contributed by atoms with Crippen LogP contribution in [0.5, 0.6) is 0 Å². The SMILES string of the molecule is CCOCCC(=O)OCC.CCOCCCCC(=O)O. The lowest BCUT2D eigenvalue weighted by Crippen LogP contribution is -2.07. The molecule has 0 amide bonds. The van der Waals surface area contributed by atoms with Crippen molar-refractivity contribution in [1.82, 2.24) is 0 Å². The molecular weight excluding hydrogens is 264 g/mol. The molecule has 0 rings (SSSR count). The summed E-state index contributed by atoms with van der Waals surface area (Å²) in [5, 5.41) is 8.23. The maximum atomic E-state index is 10.6. The third-order valence-corrected chi connectivity index (χ3v) is 2.09. The molecule has 6 heteroatoms. The minimum atomic E-state index is -0.725. The molecule has 0 spiro atoms. The number of unbranched alkanes of at least 4 members (excludes halogenated alkanes) is 1. The molecule has 0 saturated carbocycles. The summed E-state index contributed by atoms with van der Waals surface area (Å²) < 4.78 is 14.6. The molecule has 0 radical (unpaired) electrons. The van der Waals surface area contributed by atoms with Crippen molar-refractivity contribution in [3.63, 3.8) is 0 Å². The lowest BCUT2D eigenvalue weighted by Gasteiger charge is -2.00. The number of esters is 1. The number of rotatable bonds is 11. The normalized spacial score (nSPS) is 9.55. The number of carbonyl (C=O) groups excluding carboxylic acids is 1. The van der Waals surface area contributed by atoms with Crippen molar-refractivity contribution in [3.05, 3.63) is 0 Å². The molecular formula is C14H28O6.